The molecule has 4 unspecified atom stereocenters. The molecule has 0 rings (SSSR count). The molecule has 0 aliphatic carbocycles. The largest absolute Gasteiger partial charge is 0.480 e. The molecule has 0 bridgehead atoms. The van der Waals surface area contributed by atoms with Crippen LogP contribution in [0.4, 0.5) is 0 Å². The van der Waals surface area contributed by atoms with Gasteiger partial charge >= 0.3 is 5.97 Å². The van der Waals surface area contributed by atoms with Gasteiger partial charge in [0.1, 0.15) is 18.1 Å². The molecule has 0 spiro atoms. The minimum atomic E-state index is -1.30. The van der Waals surface area contributed by atoms with Crippen molar-refractivity contribution in [2.75, 3.05) is 12.0 Å². The van der Waals surface area contributed by atoms with Gasteiger partial charge in [0, 0.05) is 0 Å². The molecule has 8 N–H and O–H groups in total. The predicted octanol–water partition coefficient (Wildman–Crippen LogP) is -2.48. The summed E-state index contributed by atoms with van der Waals surface area (Å²) in [6.45, 7) is 2.68. The van der Waals surface area contributed by atoms with E-state index in [1.165, 1.54) is 25.6 Å². The van der Waals surface area contributed by atoms with Crippen molar-refractivity contribution in [3.63, 3.8) is 0 Å². The molecule has 4 amide bonds. The number of primary amides is 1. The van der Waals surface area contributed by atoms with Gasteiger partial charge in [0.25, 0.3) is 0 Å². The van der Waals surface area contributed by atoms with Crippen LogP contribution in [0, 0.1) is 0 Å². The van der Waals surface area contributed by atoms with E-state index in [-0.39, 0.29) is 6.42 Å². The SMILES string of the molecule is CSCCC(NC(=O)C(CC(N)=O)NC(=O)C(C)N)C(=O)NC(C)C(=O)O. The second kappa shape index (κ2) is 12.1. The number of rotatable bonds is 12. The average molecular weight is 405 g/mol. The zero-order valence-electron chi connectivity index (χ0n) is 15.5. The van der Waals surface area contributed by atoms with Crippen molar-refractivity contribution in [3.05, 3.63) is 0 Å². The molecule has 154 valence electrons. The van der Waals surface area contributed by atoms with Crippen LogP contribution >= 0.6 is 11.8 Å². The second-order valence-electron chi connectivity index (χ2n) is 5.93. The zero-order chi connectivity index (χ0) is 21.1. The Labute approximate surface area is 161 Å². The number of carboxylic acids is 1. The van der Waals surface area contributed by atoms with Gasteiger partial charge in [-0.05, 0) is 32.3 Å². The lowest BCUT2D eigenvalue weighted by Gasteiger charge is -2.23. The number of nitrogens with two attached hydrogens (primary N) is 2. The molecular weight excluding hydrogens is 378 g/mol. The number of carboxylic acid groups (broad SMARTS) is 1. The molecule has 11 nitrogen and oxygen atoms in total. The Hall–Kier alpha value is -2.34. The molecule has 0 heterocycles. The molecule has 4 atom stereocenters. The van der Waals surface area contributed by atoms with Crippen LogP contribution < -0.4 is 27.4 Å². The molecular formula is C15H27N5O6S. The van der Waals surface area contributed by atoms with E-state index in [2.05, 4.69) is 16.0 Å². The summed E-state index contributed by atoms with van der Waals surface area (Å²) in [7, 11) is 0. The first-order chi connectivity index (χ1) is 12.5. The van der Waals surface area contributed by atoms with Gasteiger partial charge in [-0.1, -0.05) is 0 Å². The second-order valence-corrected chi connectivity index (χ2v) is 6.92. The minimum Gasteiger partial charge on any atom is -0.480 e. The number of carbonyl (C=O) groups excluding carboxylic acids is 4. The fourth-order valence-electron chi connectivity index (χ4n) is 1.87. The van der Waals surface area contributed by atoms with Gasteiger partial charge in [0.2, 0.25) is 23.6 Å². The molecule has 0 fully saturated rings. The van der Waals surface area contributed by atoms with E-state index >= 15 is 0 Å². The summed E-state index contributed by atoms with van der Waals surface area (Å²) in [5.74, 6) is -3.71. The van der Waals surface area contributed by atoms with Crippen molar-refractivity contribution in [1.82, 2.24) is 16.0 Å². The summed E-state index contributed by atoms with van der Waals surface area (Å²) in [5.41, 5.74) is 10.5. The highest BCUT2D eigenvalue weighted by molar-refractivity contribution is 7.98. The summed E-state index contributed by atoms with van der Waals surface area (Å²) in [4.78, 5) is 58.6. The van der Waals surface area contributed by atoms with E-state index in [1.807, 2.05) is 0 Å². The minimum absolute atomic E-state index is 0.218. The highest BCUT2D eigenvalue weighted by atomic mass is 32.2. The molecule has 0 aromatic heterocycles. The van der Waals surface area contributed by atoms with Crippen LogP contribution in [0.3, 0.4) is 0 Å². The summed E-state index contributed by atoms with van der Waals surface area (Å²) in [6, 6.07) is -4.41. The van der Waals surface area contributed by atoms with E-state index in [4.69, 9.17) is 16.6 Å². The first-order valence-corrected chi connectivity index (χ1v) is 9.55. The van der Waals surface area contributed by atoms with Crippen LogP contribution in [0.2, 0.25) is 0 Å². The predicted molar refractivity (Wildman–Crippen MR) is 99.6 cm³/mol. The standard InChI is InChI=1S/C15H27N5O6S/c1-7(16)12(22)20-10(6-11(17)21)14(24)19-9(4-5-27-3)13(23)18-8(2)15(25)26/h7-10H,4-6,16H2,1-3H3,(H2,17,21)(H,18,23)(H,19,24)(H,20,22)(H,25,26). The van der Waals surface area contributed by atoms with Gasteiger partial charge in [-0.3, -0.25) is 24.0 Å². The Balaban J connectivity index is 5.22. The maximum atomic E-state index is 12.5. The Bertz CT molecular complexity index is 571. The van der Waals surface area contributed by atoms with Crippen molar-refractivity contribution in [1.29, 1.82) is 0 Å². The van der Waals surface area contributed by atoms with Crippen molar-refractivity contribution >= 4 is 41.4 Å². The molecule has 0 radical (unpaired) electrons. The van der Waals surface area contributed by atoms with Crippen LogP contribution in [-0.2, 0) is 24.0 Å². The van der Waals surface area contributed by atoms with Gasteiger partial charge in [-0.15, -0.1) is 0 Å². The van der Waals surface area contributed by atoms with Gasteiger partial charge < -0.3 is 32.5 Å². The first kappa shape index (κ1) is 24.7. The summed E-state index contributed by atoms with van der Waals surface area (Å²) in [5, 5.41) is 15.9. The highest BCUT2D eigenvalue weighted by Crippen LogP contribution is 2.04. The van der Waals surface area contributed by atoms with Crippen molar-refractivity contribution < 1.29 is 29.1 Å². The van der Waals surface area contributed by atoms with Crippen LogP contribution in [0.5, 0.6) is 0 Å². The summed E-state index contributed by atoms with van der Waals surface area (Å²) < 4.78 is 0. The Morgan fingerprint density at radius 1 is 0.963 bits per heavy atom. The maximum Gasteiger partial charge on any atom is 0.325 e. The lowest BCUT2D eigenvalue weighted by Crippen LogP contribution is -2.57. The first-order valence-electron chi connectivity index (χ1n) is 8.16. The topological polar surface area (TPSA) is 194 Å². The lowest BCUT2D eigenvalue weighted by atomic mass is 10.1. The molecule has 0 aliphatic rings. The van der Waals surface area contributed by atoms with E-state index in [1.54, 1.807) is 6.26 Å². The molecule has 0 saturated heterocycles. The smallest absolute Gasteiger partial charge is 0.325 e. The number of aliphatic carboxylic acids is 1. The van der Waals surface area contributed by atoms with E-state index < -0.39 is 60.2 Å². The third-order valence-corrected chi connectivity index (χ3v) is 4.07. The number of thioether (sulfide) groups is 1. The number of hydrogen-bond acceptors (Lipinski definition) is 7. The molecule has 0 aromatic rings. The number of amides is 4. The van der Waals surface area contributed by atoms with E-state index in [0.717, 1.165) is 0 Å². The number of nitrogens with one attached hydrogen (secondary N) is 3. The quantitative estimate of drug-likeness (QED) is 0.205. The molecule has 0 aliphatic heterocycles. The van der Waals surface area contributed by atoms with Gasteiger partial charge in [0.05, 0.1) is 12.5 Å². The van der Waals surface area contributed by atoms with E-state index in [9.17, 15) is 24.0 Å². The van der Waals surface area contributed by atoms with Crippen molar-refractivity contribution in [2.45, 2.75) is 50.9 Å². The normalized spacial score (nSPS) is 15.0. The van der Waals surface area contributed by atoms with Crippen LogP contribution in [0.15, 0.2) is 0 Å². The fraction of sp³-hybridized carbons (Fsp3) is 0.667. The monoisotopic (exact) mass is 405 g/mol. The molecule has 0 aromatic carbocycles. The molecule has 12 heteroatoms. The molecule has 0 saturated carbocycles. The summed E-state index contributed by atoms with van der Waals surface area (Å²) in [6.07, 6.45) is 1.54. The Kier molecular flexibility index (Phi) is 11.1. The third-order valence-electron chi connectivity index (χ3n) is 3.42. The molecule has 27 heavy (non-hydrogen) atoms. The van der Waals surface area contributed by atoms with Crippen molar-refractivity contribution in [2.24, 2.45) is 11.5 Å². The summed E-state index contributed by atoms with van der Waals surface area (Å²) >= 11 is 1.43. The number of carbonyl (C=O) groups is 5. The number of hydrogen-bond donors (Lipinski definition) is 6. The van der Waals surface area contributed by atoms with Crippen LogP contribution in [0.1, 0.15) is 26.7 Å². The Morgan fingerprint density at radius 2 is 1.48 bits per heavy atom. The van der Waals surface area contributed by atoms with Gasteiger partial charge in [-0.25, -0.2) is 0 Å². The van der Waals surface area contributed by atoms with Gasteiger partial charge in [-0.2, -0.15) is 11.8 Å². The third kappa shape index (κ3) is 9.80. The lowest BCUT2D eigenvalue weighted by molar-refractivity contribution is -0.142. The van der Waals surface area contributed by atoms with E-state index in [0.29, 0.717) is 5.75 Å². The average Bonchev–Trinajstić information content (AvgIpc) is 2.56. The Morgan fingerprint density at radius 3 is 1.93 bits per heavy atom. The van der Waals surface area contributed by atoms with Crippen LogP contribution in [-0.4, -0.2) is 70.9 Å². The van der Waals surface area contributed by atoms with Gasteiger partial charge in [0.15, 0.2) is 0 Å². The fourth-order valence-corrected chi connectivity index (χ4v) is 2.34. The zero-order valence-corrected chi connectivity index (χ0v) is 16.3. The van der Waals surface area contributed by atoms with Crippen LogP contribution in [0.25, 0.3) is 0 Å². The highest BCUT2D eigenvalue weighted by Gasteiger charge is 2.29. The maximum absolute atomic E-state index is 12.5. The van der Waals surface area contributed by atoms with Crippen molar-refractivity contribution in [3.8, 4) is 0 Å².